The van der Waals surface area contributed by atoms with Crippen molar-refractivity contribution in [3.63, 3.8) is 0 Å². The Balaban J connectivity index is 0.00000200. The standard InChI is InChI=1S/C14H21N3O2.ClH/c1-3-6-17(11-4-5-15-8-11)14(19)12-9-16-13(18)7-10(12)2;/h7,9,11,15H,3-6,8H2,1-2H3,(H,16,18);1H. The first-order valence-electron chi connectivity index (χ1n) is 6.84. The summed E-state index contributed by atoms with van der Waals surface area (Å²) >= 11 is 0. The Morgan fingerprint density at radius 2 is 2.25 bits per heavy atom. The van der Waals surface area contributed by atoms with E-state index in [9.17, 15) is 9.59 Å². The van der Waals surface area contributed by atoms with Gasteiger partial charge in [0.2, 0.25) is 5.56 Å². The van der Waals surface area contributed by atoms with Crippen LogP contribution in [-0.4, -0.2) is 41.5 Å². The molecule has 1 unspecified atom stereocenters. The molecule has 0 bridgehead atoms. The van der Waals surface area contributed by atoms with Gasteiger partial charge in [-0.15, -0.1) is 12.4 Å². The van der Waals surface area contributed by atoms with Gasteiger partial charge < -0.3 is 15.2 Å². The summed E-state index contributed by atoms with van der Waals surface area (Å²) in [7, 11) is 0. The first-order chi connectivity index (χ1) is 9.13. The monoisotopic (exact) mass is 299 g/mol. The molecule has 1 amide bonds. The first-order valence-corrected chi connectivity index (χ1v) is 6.84. The van der Waals surface area contributed by atoms with Crippen molar-refractivity contribution in [2.24, 2.45) is 0 Å². The number of aromatic amines is 1. The number of amides is 1. The molecule has 0 aromatic carbocycles. The number of carbonyl (C=O) groups excluding carboxylic acids is 1. The van der Waals surface area contributed by atoms with Crippen molar-refractivity contribution in [1.29, 1.82) is 0 Å². The molecule has 1 saturated heterocycles. The Hall–Kier alpha value is -1.33. The number of aromatic nitrogens is 1. The van der Waals surface area contributed by atoms with Crippen LogP contribution in [-0.2, 0) is 0 Å². The minimum Gasteiger partial charge on any atom is -0.334 e. The summed E-state index contributed by atoms with van der Waals surface area (Å²) in [5.41, 5.74) is 1.17. The maximum Gasteiger partial charge on any atom is 0.255 e. The molecule has 112 valence electrons. The Morgan fingerprint density at radius 1 is 1.50 bits per heavy atom. The maximum absolute atomic E-state index is 12.6. The highest BCUT2D eigenvalue weighted by molar-refractivity contribution is 5.95. The Kier molecular flexibility index (Phi) is 6.23. The van der Waals surface area contributed by atoms with Crippen molar-refractivity contribution in [2.75, 3.05) is 19.6 Å². The van der Waals surface area contributed by atoms with Crippen LogP contribution < -0.4 is 10.9 Å². The van der Waals surface area contributed by atoms with E-state index in [-0.39, 0.29) is 29.9 Å². The number of aryl methyl sites for hydroxylation is 1. The number of pyridine rings is 1. The zero-order valence-corrected chi connectivity index (χ0v) is 12.8. The Bertz CT molecular complexity index is 509. The van der Waals surface area contributed by atoms with Crippen molar-refractivity contribution in [3.05, 3.63) is 33.7 Å². The summed E-state index contributed by atoms with van der Waals surface area (Å²) in [6, 6.07) is 1.74. The minimum absolute atomic E-state index is 0. The number of halogens is 1. The maximum atomic E-state index is 12.6. The van der Waals surface area contributed by atoms with Gasteiger partial charge in [-0.05, 0) is 31.9 Å². The second-order valence-corrected chi connectivity index (χ2v) is 5.04. The van der Waals surface area contributed by atoms with E-state index in [4.69, 9.17) is 0 Å². The summed E-state index contributed by atoms with van der Waals surface area (Å²) in [6.45, 7) is 6.45. The van der Waals surface area contributed by atoms with Crippen LogP contribution in [0.4, 0.5) is 0 Å². The van der Waals surface area contributed by atoms with E-state index in [2.05, 4.69) is 17.2 Å². The molecule has 0 aliphatic carbocycles. The molecule has 1 fully saturated rings. The summed E-state index contributed by atoms with van der Waals surface area (Å²) < 4.78 is 0. The van der Waals surface area contributed by atoms with Gasteiger partial charge in [0.05, 0.1) is 5.56 Å². The predicted octanol–water partition coefficient (Wildman–Crippen LogP) is 1.32. The number of rotatable bonds is 4. The van der Waals surface area contributed by atoms with Gasteiger partial charge in [-0.1, -0.05) is 6.92 Å². The topological polar surface area (TPSA) is 65.2 Å². The van der Waals surface area contributed by atoms with Gasteiger partial charge in [-0.3, -0.25) is 9.59 Å². The SMILES string of the molecule is CCCN(C(=O)c1c[nH]c(=O)cc1C)C1CCNC1.Cl. The van der Waals surface area contributed by atoms with E-state index in [0.717, 1.165) is 38.0 Å². The highest BCUT2D eigenvalue weighted by Gasteiger charge is 2.27. The molecule has 0 saturated carbocycles. The lowest BCUT2D eigenvalue weighted by molar-refractivity contribution is 0.0691. The van der Waals surface area contributed by atoms with Crippen LogP contribution in [0.15, 0.2) is 17.1 Å². The summed E-state index contributed by atoms with van der Waals surface area (Å²) in [5, 5.41) is 3.29. The number of hydrogen-bond donors (Lipinski definition) is 2. The van der Waals surface area contributed by atoms with Gasteiger partial charge in [0.25, 0.3) is 5.91 Å². The van der Waals surface area contributed by atoms with Crippen LogP contribution in [0.1, 0.15) is 35.7 Å². The highest BCUT2D eigenvalue weighted by atomic mass is 35.5. The second-order valence-electron chi connectivity index (χ2n) is 5.04. The third-order valence-corrected chi connectivity index (χ3v) is 3.56. The van der Waals surface area contributed by atoms with Crippen LogP contribution in [0.2, 0.25) is 0 Å². The van der Waals surface area contributed by atoms with Crippen molar-refractivity contribution in [1.82, 2.24) is 15.2 Å². The second kappa shape index (κ2) is 7.45. The summed E-state index contributed by atoms with van der Waals surface area (Å²) in [4.78, 5) is 28.4. The molecular weight excluding hydrogens is 278 g/mol. The molecular formula is C14H22ClN3O2. The van der Waals surface area contributed by atoms with Crippen molar-refractivity contribution in [3.8, 4) is 0 Å². The average Bonchev–Trinajstić information content (AvgIpc) is 2.89. The number of nitrogens with one attached hydrogen (secondary N) is 2. The molecule has 5 nitrogen and oxygen atoms in total. The van der Waals surface area contributed by atoms with Crippen LogP contribution in [0.3, 0.4) is 0 Å². The Labute approximate surface area is 125 Å². The fourth-order valence-corrected chi connectivity index (χ4v) is 2.55. The van der Waals surface area contributed by atoms with E-state index in [0.29, 0.717) is 5.56 Å². The molecule has 0 spiro atoms. The molecule has 1 aromatic rings. The van der Waals surface area contributed by atoms with Gasteiger partial charge in [0, 0.05) is 31.4 Å². The summed E-state index contributed by atoms with van der Waals surface area (Å²) in [5.74, 6) is 0.0179. The normalized spacial score (nSPS) is 17.6. The molecule has 1 aliphatic heterocycles. The van der Waals surface area contributed by atoms with E-state index in [1.165, 1.54) is 12.3 Å². The van der Waals surface area contributed by atoms with Crippen molar-refractivity contribution >= 4 is 18.3 Å². The molecule has 1 aliphatic rings. The lowest BCUT2D eigenvalue weighted by Gasteiger charge is -2.28. The third kappa shape index (κ3) is 3.61. The Morgan fingerprint density at radius 3 is 2.80 bits per heavy atom. The fraction of sp³-hybridized carbons (Fsp3) is 0.571. The fourth-order valence-electron chi connectivity index (χ4n) is 2.55. The minimum atomic E-state index is -0.168. The van der Waals surface area contributed by atoms with Gasteiger partial charge in [0.15, 0.2) is 0 Å². The molecule has 1 atom stereocenters. The van der Waals surface area contributed by atoms with E-state index < -0.39 is 0 Å². The first kappa shape index (κ1) is 16.7. The van der Waals surface area contributed by atoms with E-state index in [1.54, 1.807) is 6.92 Å². The number of nitrogens with zero attached hydrogens (tertiary/aromatic N) is 1. The van der Waals surface area contributed by atoms with Crippen LogP contribution in [0, 0.1) is 6.92 Å². The zero-order valence-electron chi connectivity index (χ0n) is 11.9. The van der Waals surface area contributed by atoms with Crippen molar-refractivity contribution in [2.45, 2.75) is 32.7 Å². The van der Waals surface area contributed by atoms with Crippen LogP contribution in [0.25, 0.3) is 0 Å². The average molecular weight is 300 g/mol. The smallest absolute Gasteiger partial charge is 0.255 e. The molecule has 1 aromatic heterocycles. The third-order valence-electron chi connectivity index (χ3n) is 3.56. The molecule has 2 rings (SSSR count). The lowest BCUT2D eigenvalue weighted by atomic mass is 10.1. The van der Waals surface area contributed by atoms with E-state index >= 15 is 0 Å². The van der Waals surface area contributed by atoms with E-state index in [1.807, 2.05) is 4.90 Å². The highest BCUT2D eigenvalue weighted by Crippen LogP contribution is 2.15. The van der Waals surface area contributed by atoms with Gasteiger partial charge in [0.1, 0.15) is 0 Å². The van der Waals surface area contributed by atoms with Gasteiger partial charge >= 0.3 is 0 Å². The molecule has 2 N–H and O–H groups in total. The quantitative estimate of drug-likeness (QED) is 0.881. The van der Waals surface area contributed by atoms with Crippen LogP contribution in [0.5, 0.6) is 0 Å². The number of carbonyl (C=O) groups is 1. The molecule has 20 heavy (non-hydrogen) atoms. The molecule has 0 radical (unpaired) electrons. The summed E-state index contributed by atoms with van der Waals surface area (Å²) in [6.07, 6.45) is 3.46. The van der Waals surface area contributed by atoms with Gasteiger partial charge in [-0.2, -0.15) is 0 Å². The molecule has 2 heterocycles. The van der Waals surface area contributed by atoms with Gasteiger partial charge in [-0.25, -0.2) is 0 Å². The predicted molar refractivity (Wildman–Crippen MR) is 81.6 cm³/mol. The molecule has 6 heteroatoms. The zero-order chi connectivity index (χ0) is 13.8. The number of hydrogen-bond acceptors (Lipinski definition) is 3. The largest absolute Gasteiger partial charge is 0.334 e. The van der Waals surface area contributed by atoms with Crippen molar-refractivity contribution < 1.29 is 4.79 Å². The lowest BCUT2D eigenvalue weighted by Crippen LogP contribution is -2.42. The van der Waals surface area contributed by atoms with Crippen LogP contribution >= 0.6 is 12.4 Å². The number of H-pyrrole nitrogens is 1.